The summed E-state index contributed by atoms with van der Waals surface area (Å²) in [5.41, 5.74) is -0.372. The number of rotatable bonds is 2. The van der Waals surface area contributed by atoms with Crippen molar-refractivity contribution < 1.29 is 15.1 Å². The fraction of sp³-hybridized carbons (Fsp3) is 0.143. The fourth-order valence-electron chi connectivity index (χ4n) is 0.956. The number of nitrogens with one attached hydrogen (secondary N) is 1. The molecule has 0 aliphatic carbocycles. The standard InChI is InChI=1S/C7H8N2O4/c1-8-4-2-3-5(10)7(11)6(4)9(12)13/h2-3,8,10-11H,1H3. The Labute approximate surface area is 73.6 Å². The Morgan fingerprint density at radius 3 is 2.54 bits per heavy atom. The summed E-state index contributed by atoms with van der Waals surface area (Å²) in [6.07, 6.45) is 0. The molecule has 70 valence electrons. The van der Waals surface area contributed by atoms with Gasteiger partial charge < -0.3 is 15.5 Å². The maximum absolute atomic E-state index is 10.4. The van der Waals surface area contributed by atoms with Crippen LogP contribution >= 0.6 is 0 Å². The SMILES string of the molecule is CNc1ccc(O)c(O)c1[N+](=O)[O-]. The number of benzene rings is 1. The normalized spacial score (nSPS) is 9.62. The first-order valence-electron chi connectivity index (χ1n) is 3.45. The van der Waals surface area contributed by atoms with Crippen LogP contribution in [-0.4, -0.2) is 22.2 Å². The number of hydrogen-bond acceptors (Lipinski definition) is 5. The van der Waals surface area contributed by atoms with Crippen LogP contribution in [0.25, 0.3) is 0 Å². The molecule has 0 spiro atoms. The van der Waals surface area contributed by atoms with E-state index in [2.05, 4.69) is 5.32 Å². The van der Waals surface area contributed by atoms with E-state index in [9.17, 15) is 10.1 Å². The third-order valence-electron chi connectivity index (χ3n) is 1.58. The Morgan fingerprint density at radius 2 is 2.08 bits per heavy atom. The summed E-state index contributed by atoms with van der Waals surface area (Å²) in [6.45, 7) is 0. The molecule has 0 saturated heterocycles. The zero-order valence-corrected chi connectivity index (χ0v) is 6.81. The van der Waals surface area contributed by atoms with E-state index in [0.29, 0.717) is 0 Å². The van der Waals surface area contributed by atoms with Gasteiger partial charge in [0.1, 0.15) is 5.69 Å². The van der Waals surface area contributed by atoms with Crippen LogP contribution in [0.5, 0.6) is 11.5 Å². The maximum Gasteiger partial charge on any atom is 0.337 e. The van der Waals surface area contributed by atoms with Crippen LogP contribution < -0.4 is 5.32 Å². The molecule has 1 rings (SSSR count). The van der Waals surface area contributed by atoms with Gasteiger partial charge in [0, 0.05) is 7.05 Å². The number of nitro groups is 1. The lowest BCUT2D eigenvalue weighted by Crippen LogP contribution is -1.96. The molecule has 0 heterocycles. The molecule has 0 bridgehead atoms. The number of phenols is 2. The second kappa shape index (κ2) is 3.18. The Morgan fingerprint density at radius 1 is 1.46 bits per heavy atom. The molecule has 0 atom stereocenters. The number of aromatic hydroxyl groups is 2. The number of phenolic OH excluding ortho intramolecular Hbond substituents is 2. The predicted molar refractivity (Wildman–Crippen MR) is 46.0 cm³/mol. The molecule has 1 aromatic carbocycles. The van der Waals surface area contributed by atoms with Crippen molar-refractivity contribution in [1.29, 1.82) is 0 Å². The average molecular weight is 184 g/mol. The van der Waals surface area contributed by atoms with Crippen LogP contribution in [0.2, 0.25) is 0 Å². The first-order valence-corrected chi connectivity index (χ1v) is 3.45. The third kappa shape index (κ3) is 1.46. The van der Waals surface area contributed by atoms with Crippen LogP contribution in [0.4, 0.5) is 11.4 Å². The summed E-state index contributed by atoms with van der Waals surface area (Å²) >= 11 is 0. The van der Waals surface area contributed by atoms with Crippen LogP contribution in [0, 0.1) is 10.1 Å². The maximum atomic E-state index is 10.4. The van der Waals surface area contributed by atoms with E-state index in [1.165, 1.54) is 19.2 Å². The van der Waals surface area contributed by atoms with Gasteiger partial charge in [-0.1, -0.05) is 0 Å². The van der Waals surface area contributed by atoms with Gasteiger partial charge in [-0.2, -0.15) is 0 Å². The lowest BCUT2D eigenvalue weighted by molar-refractivity contribution is -0.385. The third-order valence-corrected chi connectivity index (χ3v) is 1.58. The van der Waals surface area contributed by atoms with Crippen molar-refractivity contribution in [1.82, 2.24) is 0 Å². The zero-order chi connectivity index (χ0) is 10.0. The van der Waals surface area contributed by atoms with Gasteiger partial charge in [-0.15, -0.1) is 0 Å². The van der Waals surface area contributed by atoms with Crippen LogP contribution in [0.3, 0.4) is 0 Å². The summed E-state index contributed by atoms with van der Waals surface area (Å²) < 4.78 is 0. The van der Waals surface area contributed by atoms with Crippen molar-refractivity contribution in [3.63, 3.8) is 0 Å². The number of anilines is 1. The number of nitrogens with zero attached hydrogens (tertiary/aromatic N) is 1. The predicted octanol–water partition coefficient (Wildman–Crippen LogP) is 1.05. The van der Waals surface area contributed by atoms with E-state index in [1.807, 2.05) is 0 Å². The quantitative estimate of drug-likeness (QED) is 0.276. The Bertz CT molecular complexity index is 351. The lowest BCUT2D eigenvalue weighted by Gasteiger charge is -2.04. The second-order valence-corrected chi connectivity index (χ2v) is 2.34. The zero-order valence-electron chi connectivity index (χ0n) is 6.81. The molecule has 6 nitrogen and oxygen atoms in total. The number of hydrogen-bond donors (Lipinski definition) is 3. The van der Waals surface area contributed by atoms with Gasteiger partial charge in [-0.25, -0.2) is 0 Å². The van der Waals surface area contributed by atoms with Gasteiger partial charge in [-0.3, -0.25) is 10.1 Å². The largest absolute Gasteiger partial charge is 0.504 e. The molecule has 1 aromatic rings. The lowest BCUT2D eigenvalue weighted by atomic mass is 10.2. The summed E-state index contributed by atoms with van der Waals surface area (Å²) in [6, 6.07) is 2.49. The molecular weight excluding hydrogens is 176 g/mol. The van der Waals surface area contributed by atoms with Crippen molar-refractivity contribution in [3.05, 3.63) is 22.2 Å². The first kappa shape index (κ1) is 9.11. The minimum absolute atomic E-state index is 0.153. The van der Waals surface area contributed by atoms with Crippen molar-refractivity contribution in [3.8, 4) is 11.5 Å². The van der Waals surface area contributed by atoms with E-state index >= 15 is 0 Å². The average Bonchev–Trinajstić information content (AvgIpc) is 2.08. The smallest absolute Gasteiger partial charge is 0.337 e. The van der Waals surface area contributed by atoms with Gasteiger partial charge in [0.2, 0.25) is 5.75 Å². The monoisotopic (exact) mass is 184 g/mol. The van der Waals surface area contributed by atoms with Gasteiger partial charge in [0.05, 0.1) is 4.92 Å². The Balaban J connectivity index is 3.41. The highest BCUT2D eigenvalue weighted by Crippen LogP contribution is 2.40. The van der Waals surface area contributed by atoms with Crippen molar-refractivity contribution >= 4 is 11.4 Å². The van der Waals surface area contributed by atoms with Crippen molar-refractivity contribution in [2.75, 3.05) is 12.4 Å². The van der Waals surface area contributed by atoms with Crippen LogP contribution in [-0.2, 0) is 0 Å². The summed E-state index contributed by atoms with van der Waals surface area (Å²) in [4.78, 5) is 9.69. The Kier molecular flexibility index (Phi) is 2.23. The molecule has 0 aromatic heterocycles. The minimum atomic E-state index is -0.763. The van der Waals surface area contributed by atoms with E-state index in [-0.39, 0.29) is 5.69 Å². The minimum Gasteiger partial charge on any atom is -0.504 e. The molecule has 13 heavy (non-hydrogen) atoms. The van der Waals surface area contributed by atoms with Gasteiger partial charge in [-0.05, 0) is 12.1 Å². The van der Waals surface area contributed by atoms with Crippen LogP contribution in [0.1, 0.15) is 0 Å². The molecular formula is C7H8N2O4. The van der Waals surface area contributed by atoms with E-state index in [0.717, 1.165) is 0 Å². The molecule has 0 aliphatic heterocycles. The molecule has 0 radical (unpaired) electrons. The van der Waals surface area contributed by atoms with Gasteiger partial charge in [0.25, 0.3) is 0 Å². The van der Waals surface area contributed by atoms with Gasteiger partial charge >= 0.3 is 5.69 Å². The van der Waals surface area contributed by atoms with E-state index in [4.69, 9.17) is 10.2 Å². The molecule has 0 aliphatic rings. The molecule has 6 heteroatoms. The Hall–Kier alpha value is -1.98. The van der Waals surface area contributed by atoms with Crippen molar-refractivity contribution in [2.24, 2.45) is 0 Å². The highest BCUT2D eigenvalue weighted by molar-refractivity contribution is 5.71. The molecule has 0 fully saturated rings. The van der Waals surface area contributed by atoms with E-state index in [1.54, 1.807) is 0 Å². The topological polar surface area (TPSA) is 95.6 Å². The highest BCUT2D eigenvalue weighted by atomic mass is 16.6. The first-order chi connectivity index (χ1) is 6.07. The van der Waals surface area contributed by atoms with Gasteiger partial charge in [0.15, 0.2) is 5.75 Å². The molecule has 0 saturated carbocycles. The van der Waals surface area contributed by atoms with Crippen molar-refractivity contribution in [2.45, 2.75) is 0 Å². The molecule has 0 amide bonds. The second-order valence-electron chi connectivity index (χ2n) is 2.34. The fourth-order valence-corrected chi connectivity index (χ4v) is 0.956. The molecule has 0 unspecified atom stereocenters. The summed E-state index contributed by atoms with van der Waals surface area (Å²) in [7, 11) is 1.48. The highest BCUT2D eigenvalue weighted by Gasteiger charge is 2.21. The summed E-state index contributed by atoms with van der Waals surface area (Å²) in [5, 5.41) is 31.1. The number of nitro benzene ring substituents is 1. The van der Waals surface area contributed by atoms with Crippen LogP contribution in [0.15, 0.2) is 12.1 Å². The van der Waals surface area contributed by atoms with E-state index < -0.39 is 22.1 Å². The summed E-state index contributed by atoms with van der Waals surface area (Å²) in [5.74, 6) is -1.23. The molecule has 3 N–H and O–H groups in total.